The van der Waals surface area contributed by atoms with Crippen LogP contribution in [-0.2, 0) is 11.3 Å². The van der Waals surface area contributed by atoms with Crippen LogP contribution in [0.4, 0.5) is 5.69 Å². The maximum atomic E-state index is 12.6. The molecule has 2 saturated heterocycles. The lowest BCUT2D eigenvalue weighted by Gasteiger charge is -2.37. The second-order valence-corrected chi connectivity index (χ2v) is 7.93. The van der Waals surface area contributed by atoms with E-state index in [0.29, 0.717) is 18.2 Å². The minimum atomic E-state index is -0.127. The third kappa shape index (κ3) is 5.55. The number of anilines is 1. The summed E-state index contributed by atoms with van der Waals surface area (Å²) >= 11 is 0. The normalized spacial score (nSPS) is 20.4. The third-order valence-electron chi connectivity index (χ3n) is 5.78. The number of ether oxygens (including phenoxy) is 1. The van der Waals surface area contributed by atoms with Crippen molar-refractivity contribution < 1.29 is 9.53 Å². The smallest absolute Gasteiger partial charge is 0.270 e. The Morgan fingerprint density at radius 1 is 1.14 bits per heavy atom. The van der Waals surface area contributed by atoms with Gasteiger partial charge < -0.3 is 15.0 Å². The highest BCUT2D eigenvalue weighted by molar-refractivity contribution is 5.93. The van der Waals surface area contributed by atoms with E-state index in [-0.39, 0.29) is 5.91 Å². The molecular weight excluding hydrogens is 364 g/mol. The molecule has 0 radical (unpaired) electrons. The first-order valence-electron chi connectivity index (χ1n) is 10.6. The monoisotopic (exact) mass is 394 g/mol. The molecule has 1 aromatic heterocycles. The van der Waals surface area contributed by atoms with Gasteiger partial charge in [-0.15, -0.1) is 0 Å². The molecule has 0 aliphatic carbocycles. The highest BCUT2D eigenvalue weighted by atomic mass is 16.5. The van der Waals surface area contributed by atoms with Gasteiger partial charge in [0.15, 0.2) is 0 Å². The molecule has 1 unspecified atom stereocenters. The van der Waals surface area contributed by atoms with Crippen molar-refractivity contribution in [2.24, 2.45) is 5.92 Å². The van der Waals surface area contributed by atoms with E-state index >= 15 is 0 Å². The Balaban J connectivity index is 1.35. The van der Waals surface area contributed by atoms with Crippen LogP contribution in [0.5, 0.6) is 0 Å². The Hall–Kier alpha value is -2.44. The first-order valence-corrected chi connectivity index (χ1v) is 10.6. The van der Waals surface area contributed by atoms with Gasteiger partial charge in [0.1, 0.15) is 5.69 Å². The molecule has 6 nitrogen and oxygen atoms in total. The van der Waals surface area contributed by atoms with Gasteiger partial charge in [-0.05, 0) is 36.5 Å². The summed E-state index contributed by atoms with van der Waals surface area (Å²) in [7, 11) is 0. The minimum Gasteiger partial charge on any atom is -0.379 e. The van der Waals surface area contributed by atoms with Crippen LogP contribution < -0.4 is 10.2 Å². The second kappa shape index (κ2) is 9.85. The lowest BCUT2D eigenvalue weighted by Crippen LogP contribution is -2.44. The maximum absolute atomic E-state index is 12.6. The fraction of sp³-hybridized carbons (Fsp3) is 0.478. The zero-order chi connectivity index (χ0) is 19.9. The van der Waals surface area contributed by atoms with E-state index < -0.39 is 0 Å². The van der Waals surface area contributed by atoms with E-state index in [9.17, 15) is 4.79 Å². The van der Waals surface area contributed by atoms with Crippen LogP contribution >= 0.6 is 0 Å². The van der Waals surface area contributed by atoms with Crippen molar-refractivity contribution in [2.45, 2.75) is 19.4 Å². The van der Waals surface area contributed by atoms with E-state index in [2.05, 4.69) is 20.1 Å². The Labute approximate surface area is 172 Å². The molecule has 2 aliphatic rings. The van der Waals surface area contributed by atoms with Gasteiger partial charge in [-0.2, -0.15) is 0 Å². The molecule has 2 aliphatic heterocycles. The largest absolute Gasteiger partial charge is 0.379 e. The summed E-state index contributed by atoms with van der Waals surface area (Å²) < 4.78 is 5.47. The molecule has 154 valence electrons. The van der Waals surface area contributed by atoms with E-state index in [4.69, 9.17) is 4.74 Å². The lowest BCUT2D eigenvalue weighted by molar-refractivity contribution is 0.0296. The SMILES string of the molecule is O=C(NCc1ccccc1)c1cc(N2CCCC(CN3CCOCC3)C2)ccn1. The summed E-state index contributed by atoms with van der Waals surface area (Å²) in [5, 5.41) is 2.97. The number of nitrogens with one attached hydrogen (secondary N) is 1. The van der Waals surface area contributed by atoms with Crippen LogP contribution in [-0.4, -0.2) is 61.7 Å². The average molecular weight is 395 g/mol. The fourth-order valence-electron chi connectivity index (χ4n) is 4.21. The molecule has 1 aromatic carbocycles. The second-order valence-electron chi connectivity index (χ2n) is 7.93. The van der Waals surface area contributed by atoms with Crippen molar-refractivity contribution in [3.63, 3.8) is 0 Å². The number of piperidine rings is 1. The molecule has 0 spiro atoms. The van der Waals surface area contributed by atoms with E-state index in [1.807, 2.05) is 42.5 Å². The van der Waals surface area contributed by atoms with Crippen LogP contribution in [0.1, 0.15) is 28.9 Å². The zero-order valence-corrected chi connectivity index (χ0v) is 16.9. The molecule has 0 bridgehead atoms. The third-order valence-corrected chi connectivity index (χ3v) is 5.78. The van der Waals surface area contributed by atoms with Crippen LogP contribution in [0.15, 0.2) is 48.7 Å². The molecule has 2 fully saturated rings. The van der Waals surface area contributed by atoms with Crippen molar-refractivity contribution in [1.29, 1.82) is 0 Å². The Bertz CT molecular complexity index is 792. The molecule has 29 heavy (non-hydrogen) atoms. The zero-order valence-electron chi connectivity index (χ0n) is 16.9. The Kier molecular flexibility index (Phi) is 6.75. The molecule has 4 rings (SSSR count). The number of hydrogen-bond donors (Lipinski definition) is 1. The van der Waals surface area contributed by atoms with E-state index in [0.717, 1.165) is 57.2 Å². The van der Waals surface area contributed by atoms with Gasteiger partial charge in [0, 0.05) is 51.2 Å². The van der Waals surface area contributed by atoms with Gasteiger partial charge >= 0.3 is 0 Å². The predicted octanol–water partition coefficient (Wildman–Crippen LogP) is 2.56. The van der Waals surface area contributed by atoms with Crippen LogP contribution in [0.3, 0.4) is 0 Å². The topological polar surface area (TPSA) is 57.7 Å². The average Bonchev–Trinajstić information content (AvgIpc) is 2.79. The van der Waals surface area contributed by atoms with E-state index in [1.54, 1.807) is 6.20 Å². The lowest BCUT2D eigenvalue weighted by atomic mass is 9.96. The molecule has 1 atom stereocenters. The van der Waals surface area contributed by atoms with Gasteiger partial charge in [0.05, 0.1) is 13.2 Å². The highest BCUT2D eigenvalue weighted by Gasteiger charge is 2.24. The number of nitrogens with zero attached hydrogens (tertiary/aromatic N) is 3. The van der Waals surface area contributed by atoms with Crippen molar-refractivity contribution in [3.8, 4) is 0 Å². The van der Waals surface area contributed by atoms with Crippen molar-refractivity contribution in [3.05, 3.63) is 59.9 Å². The van der Waals surface area contributed by atoms with E-state index in [1.165, 1.54) is 12.8 Å². The van der Waals surface area contributed by atoms with Crippen molar-refractivity contribution in [1.82, 2.24) is 15.2 Å². The van der Waals surface area contributed by atoms with Gasteiger partial charge in [0.25, 0.3) is 5.91 Å². The first kappa shape index (κ1) is 19.9. The number of hydrogen-bond acceptors (Lipinski definition) is 5. The Morgan fingerprint density at radius 3 is 2.79 bits per heavy atom. The summed E-state index contributed by atoms with van der Waals surface area (Å²) in [6, 6.07) is 13.9. The summed E-state index contributed by atoms with van der Waals surface area (Å²) in [5.74, 6) is 0.531. The number of pyridine rings is 1. The number of carbonyl (C=O) groups excluding carboxylic acids is 1. The molecule has 1 N–H and O–H groups in total. The first-order chi connectivity index (χ1) is 14.3. The minimum absolute atomic E-state index is 0.127. The standard InChI is InChI=1S/C23H30N4O2/c28-23(25-16-19-5-2-1-3-6-19)22-15-21(8-9-24-22)27-10-4-7-20(18-27)17-26-11-13-29-14-12-26/h1-3,5-6,8-9,15,20H,4,7,10-14,16-18H2,(H,25,28). The predicted molar refractivity (Wildman–Crippen MR) is 114 cm³/mol. The van der Waals surface area contributed by atoms with Gasteiger partial charge in [0.2, 0.25) is 0 Å². The van der Waals surface area contributed by atoms with Gasteiger partial charge in [-0.25, -0.2) is 0 Å². The molecule has 3 heterocycles. The summed E-state index contributed by atoms with van der Waals surface area (Å²) in [5.41, 5.74) is 2.66. The molecule has 1 amide bonds. The number of amides is 1. The number of aromatic nitrogens is 1. The highest BCUT2D eigenvalue weighted by Crippen LogP contribution is 2.24. The van der Waals surface area contributed by atoms with Gasteiger partial charge in [-0.1, -0.05) is 30.3 Å². The van der Waals surface area contributed by atoms with Crippen molar-refractivity contribution in [2.75, 3.05) is 50.8 Å². The summed E-state index contributed by atoms with van der Waals surface area (Å²) in [4.78, 5) is 21.8. The number of carbonyl (C=O) groups is 1. The number of morpholine rings is 1. The van der Waals surface area contributed by atoms with Crippen molar-refractivity contribution >= 4 is 11.6 Å². The van der Waals surface area contributed by atoms with Gasteiger partial charge in [-0.3, -0.25) is 14.7 Å². The molecular formula is C23H30N4O2. The molecule has 2 aromatic rings. The maximum Gasteiger partial charge on any atom is 0.270 e. The van der Waals surface area contributed by atoms with Crippen LogP contribution in [0.2, 0.25) is 0 Å². The summed E-state index contributed by atoms with van der Waals surface area (Å²) in [6.07, 6.45) is 4.20. The number of rotatable bonds is 6. The molecule has 6 heteroatoms. The Morgan fingerprint density at radius 2 is 1.97 bits per heavy atom. The van der Waals surface area contributed by atoms with Crippen LogP contribution in [0.25, 0.3) is 0 Å². The fourth-order valence-corrected chi connectivity index (χ4v) is 4.21. The van der Waals surface area contributed by atoms with Crippen LogP contribution in [0, 0.1) is 5.92 Å². The summed E-state index contributed by atoms with van der Waals surface area (Å²) in [6.45, 7) is 7.49. The molecule has 0 saturated carbocycles. The quantitative estimate of drug-likeness (QED) is 0.816. The number of benzene rings is 1.